The molecule has 0 saturated carbocycles. The Labute approximate surface area is 133 Å². The summed E-state index contributed by atoms with van der Waals surface area (Å²) in [5.41, 5.74) is 3.34. The minimum absolute atomic E-state index is 0.222. The molecular formula is C17H18N2O4. The second kappa shape index (κ2) is 5.89. The Morgan fingerprint density at radius 2 is 2.17 bits per heavy atom. The number of benzene rings is 1. The van der Waals surface area contributed by atoms with Crippen molar-refractivity contribution >= 4 is 28.0 Å². The van der Waals surface area contributed by atoms with Gasteiger partial charge in [0, 0.05) is 21.9 Å². The van der Waals surface area contributed by atoms with E-state index in [1.54, 1.807) is 20.0 Å². The van der Waals surface area contributed by atoms with Crippen molar-refractivity contribution in [2.75, 3.05) is 6.61 Å². The molecule has 2 N–H and O–H groups in total. The number of rotatable bonds is 3. The van der Waals surface area contributed by atoms with Crippen molar-refractivity contribution in [2.24, 2.45) is 0 Å². The van der Waals surface area contributed by atoms with E-state index in [9.17, 15) is 9.90 Å². The maximum Gasteiger partial charge on any atom is 0.515 e. The summed E-state index contributed by atoms with van der Waals surface area (Å²) in [7, 11) is 0. The number of nitrogens with zero attached hydrogens (tertiary/aromatic N) is 1. The fourth-order valence-electron chi connectivity index (χ4n) is 2.65. The topological polar surface area (TPSA) is 84.4 Å². The second-order valence-corrected chi connectivity index (χ2v) is 5.37. The van der Waals surface area contributed by atoms with Crippen molar-refractivity contribution in [2.45, 2.75) is 26.9 Å². The molecule has 0 aliphatic rings. The van der Waals surface area contributed by atoms with E-state index in [0.717, 1.165) is 32.9 Å². The molecule has 1 unspecified atom stereocenters. The molecule has 0 fully saturated rings. The van der Waals surface area contributed by atoms with Crippen molar-refractivity contribution in [1.29, 1.82) is 0 Å². The molecule has 2 aromatic heterocycles. The van der Waals surface area contributed by atoms with E-state index >= 15 is 0 Å². The number of aryl methyl sites for hydroxylation is 1. The summed E-state index contributed by atoms with van der Waals surface area (Å²) in [5, 5.41) is 11.7. The number of hydrogen-bond donors (Lipinski definition) is 2. The standard InChI is InChI=1S/C17H18N2O4/c1-4-22-17(21)23-16-9(2)15-12-7-11(10(3)20)5-6-13(12)19-14(15)8-18-16/h5-8,10,19-20H,4H2,1-3H3. The zero-order chi connectivity index (χ0) is 16.6. The Balaban J connectivity index is 2.16. The van der Waals surface area contributed by atoms with Crippen LogP contribution in [-0.4, -0.2) is 27.8 Å². The molecule has 1 atom stereocenters. The molecule has 6 heteroatoms. The number of aromatic nitrogens is 2. The lowest BCUT2D eigenvalue weighted by Gasteiger charge is -2.07. The molecule has 3 rings (SSSR count). The molecule has 2 heterocycles. The Kier molecular flexibility index (Phi) is 3.92. The quantitative estimate of drug-likeness (QED) is 0.721. The molecule has 0 radical (unpaired) electrons. The lowest BCUT2D eigenvalue weighted by atomic mass is 10.0. The highest BCUT2D eigenvalue weighted by Gasteiger charge is 2.16. The normalized spacial score (nSPS) is 12.5. The van der Waals surface area contributed by atoms with Crippen molar-refractivity contribution < 1.29 is 19.4 Å². The van der Waals surface area contributed by atoms with Crippen LogP contribution < -0.4 is 4.74 Å². The van der Waals surface area contributed by atoms with Gasteiger partial charge in [0.05, 0.1) is 24.4 Å². The lowest BCUT2D eigenvalue weighted by molar-refractivity contribution is 0.102. The van der Waals surface area contributed by atoms with E-state index in [0.29, 0.717) is 0 Å². The van der Waals surface area contributed by atoms with E-state index in [-0.39, 0.29) is 12.5 Å². The smallest absolute Gasteiger partial charge is 0.434 e. The predicted octanol–water partition coefficient (Wildman–Crippen LogP) is 3.61. The minimum Gasteiger partial charge on any atom is -0.434 e. The predicted molar refractivity (Wildman–Crippen MR) is 86.6 cm³/mol. The number of nitrogens with one attached hydrogen (secondary N) is 1. The van der Waals surface area contributed by atoms with Gasteiger partial charge in [0.25, 0.3) is 0 Å². The highest BCUT2D eigenvalue weighted by Crippen LogP contribution is 2.33. The Hall–Kier alpha value is -2.60. The van der Waals surface area contributed by atoms with Gasteiger partial charge >= 0.3 is 6.16 Å². The van der Waals surface area contributed by atoms with E-state index in [4.69, 9.17) is 9.47 Å². The summed E-state index contributed by atoms with van der Waals surface area (Å²) in [4.78, 5) is 19.0. The third-order valence-electron chi connectivity index (χ3n) is 3.78. The zero-order valence-electron chi connectivity index (χ0n) is 13.2. The van der Waals surface area contributed by atoms with Gasteiger partial charge in [-0.3, -0.25) is 0 Å². The van der Waals surface area contributed by atoms with Crippen LogP contribution in [0.4, 0.5) is 4.79 Å². The van der Waals surface area contributed by atoms with Gasteiger partial charge < -0.3 is 19.6 Å². The summed E-state index contributed by atoms with van der Waals surface area (Å²) < 4.78 is 9.94. The molecule has 0 aliphatic heterocycles. The highest BCUT2D eigenvalue weighted by molar-refractivity contribution is 6.09. The number of fused-ring (bicyclic) bond motifs is 3. The summed E-state index contributed by atoms with van der Waals surface area (Å²) in [5.74, 6) is 0.222. The van der Waals surface area contributed by atoms with Gasteiger partial charge in [-0.2, -0.15) is 0 Å². The molecule has 3 aromatic rings. The van der Waals surface area contributed by atoms with Crippen molar-refractivity contribution in [1.82, 2.24) is 9.97 Å². The average molecular weight is 314 g/mol. The van der Waals surface area contributed by atoms with Crippen LogP contribution in [0.5, 0.6) is 5.88 Å². The maximum absolute atomic E-state index is 11.5. The van der Waals surface area contributed by atoms with E-state index in [1.807, 2.05) is 25.1 Å². The van der Waals surface area contributed by atoms with Crippen LogP contribution in [-0.2, 0) is 4.74 Å². The van der Waals surface area contributed by atoms with Gasteiger partial charge in [-0.15, -0.1) is 0 Å². The molecule has 1 aromatic carbocycles. The minimum atomic E-state index is -0.771. The first-order chi connectivity index (χ1) is 11.0. The van der Waals surface area contributed by atoms with E-state index in [2.05, 4.69) is 9.97 Å². The van der Waals surface area contributed by atoms with Gasteiger partial charge in [-0.1, -0.05) is 6.07 Å². The van der Waals surface area contributed by atoms with Gasteiger partial charge in [0.15, 0.2) is 0 Å². The fraction of sp³-hybridized carbons (Fsp3) is 0.294. The third-order valence-corrected chi connectivity index (χ3v) is 3.78. The number of hydrogen-bond acceptors (Lipinski definition) is 5. The maximum atomic E-state index is 11.5. The number of aliphatic hydroxyl groups is 1. The fourth-order valence-corrected chi connectivity index (χ4v) is 2.65. The van der Waals surface area contributed by atoms with Gasteiger partial charge in [-0.25, -0.2) is 9.78 Å². The molecule has 0 saturated heterocycles. The number of ether oxygens (including phenoxy) is 2. The Morgan fingerprint density at radius 3 is 2.87 bits per heavy atom. The first-order valence-corrected chi connectivity index (χ1v) is 7.45. The Bertz CT molecular complexity index is 883. The van der Waals surface area contributed by atoms with Crippen LogP contribution in [0.3, 0.4) is 0 Å². The van der Waals surface area contributed by atoms with Gasteiger partial charge in [0.2, 0.25) is 5.88 Å². The highest BCUT2D eigenvalue weighted by atomic mass is 16.7. The summed E-state index contributed by atoms with van der Waals surface area (Å²) in [6.45, 7) is 5.51. The summed E-state index contributed by atoms with van der Waals surface area (Å²) in [6, 6.07) is 5.73. The molecule has 6 nitrogen and oxygen atoms in total. The lowest BCUT2D eigenvalue weighted by Crippen LogP contribution is -2.11. The number of H-pyrrole nitrogens is 1. The molecule has 0 aliphatic carbocycles. The second-order valence-electron chi connectivity index (χ2n) is 5.37. The van der Waals surface area contributed by atoms with Crippen LogP contribution in [0.25, 0.3) is 21.8 Å². The van der Waals surface area contributed by atoms with Crippen molar-refractivity contribution in [3.8, 4) is 5.88 Å². The average Bonchev–Trinajstić information content (AvgIpc) is 2.88. The van der Waals surface area contributed by atoms with Crippen LogP contribution in [0, 0.1) is 6.92 Å². The van der Waals surface area contributed by atoms with Crippen LogP contribution in [0.1, 0.15) is 31.1 Å². The molecule has 0 spiro atoms. The number of pyridine rings is 1. The van der Waals surface area contributed by atoms with Crippen molar-refractivity contribution in [3.05, 3.63) is 35.5 Å². The van der Waals surface area contributed by atoms with Crippen LogP contribution in [0.2, 0.25) is 0 Å². The number of aromatic amines is 1. The van der Waals surface area contributed by atoms with Crippen molar-refractivity contribution in [3.63, 3.8) is 0 Å². The number of carbonyl (C=O) groups excluding carboxylic acids is 1. The van der Waals surface area contributed by atoms with Crippen LogP contribution in [0.15, 0.2) is 24.4 Å². The molecule has 23 heavy (non-hydrogen) atoms. The first kappa shape index (κ1) is 15.3. The molecular weight excluding hydrogens is 296 g/mol. The largest absolute Gasteiger partial charge is 0.515 e. The Morgan fingerprint density at radius 1 is 1.39 bits per heavy atom. The van der Waals surface area contributed by atoms with E-state index in [1.165, 1.54) is 0 Å². The first-order valence-electron chi connectivity index (χ1n) is 7.45. The number of aliphatic hydroxyl groups excluding tert-OH is 1. The van der Waals surface area contributed by atoms with Crippen LogP contribution >= 0.6 is 0 Å². The van der Waals surface area contributed by atoms with Gasteiger partial charge in [0.1, 0.15) is 0 Å². The third kappa shape index (κ3) is 2.73. The number of carbonyl (C=O) groups is 1. The molecule has 0 amide bonds. The van der Waals surface area contributed by atoms with E-state index < -0.39 is 12.3 Å². The molecule has 120 valence electrons. The SMILES string of the molecule is CCOC(=O)Oc1ncc2[nH]c3ccc(C(C)O)cc3c2c1C. The monoisotopic (exact) mass is 314 g/mol. The van der Waals surface area contributed by atoms with Gasteiger partial charge in [-0.05, 0) is 38.5 Å². The summed E-state index contributed by atoms with van der Waals surface area (Å²) in [6.07, 6.45) is 0.299. The molecule has 0 bridgehead atoms. The summed E-state index contributed by atoms with van der Waals surface area (Å²) >= 11 is 0. The zero-order valence-corrected chi connectivity index (χ0v) is 13.2.